The van der Waals surface area contributed by atoms with Crippen LogP contribution in [0.5, 0.6) is 0 Å². The van der Waals surface area contributed by atoms with Crippen LogP contribution >= 0.6 is 34.8 Å². The van der Waals surface area contributed by atoms with E-state index in [1.807, 2.05) is 19.1 Å². The van der Waals surface area contributed by atoms with Crippen LogP contribution in [-0.2, 0) is 4.79 Å². The number of amides is 3. The van der Waals surface area contributed by atoms with E-state index in [2.05, 4.69) is 4.99 Å². The first-order valence-electron chi connectivity index (χ1n) is 5.82. The van der Waals surface area contributed by atoms with Crippen LogP contribution in [-0.4, -0.2) is 29.7 Å². The molecule has 0 radical (unpaired) electrons. The molecule has 2 rings (SSSR count). The van der Waals surface area contributed by atoms with Crippen molar-refractivity contribution in [3.05, 3.63) is 39.5 Å². The second-order valence-corrected chi connectivity index (χ2v) is 5.56. The Hall–Kier alpha value is -1.56. The van der Waals surface area contributed by atoms with Gasteiger partial charge in [0, 0.05) is 7.05 Å². The van der Waals surface area contributed by atoms with Crippen molar-refractivity contribution >= 4 is 58.3 Å². The number of likely N-dealkylation sites (N-methyl/N-ethyl adjacent to an activating group) is 1. The molecule has 0 unspecified atom stereocenters. The van der Waals surface area contributed by atoms with E-state index in [0.717, 1.165) is 10.5 Å². The van der Waals surface area contributed by atoms with Crippen LogP contribution in [0, 0.1) is 6.92 Å². The van der Waals surface area contributed by atoms with Gasteiger partial charge in [-0.2, -0.15) is 0 Å². The van der Waals surface area contributed by atoms with Gasteiger partial charge in [0.2, 0.25) is 5.84 Å². The third-order valence-electron chi connectivity index (χ3n) is 2.90. The molecule has 0 saturated carbocycles. The fraction of sp³-hybridized carbons (Fsp3) is 0.154. The van der Waals surface area contributed by atoms with Gasteiger partial charge in [-0.3, -0.25) is 9.69 Å². The van der Waals surface area contributed by atoms with Crippen molar-refractivity contribution < 1.29 is 9.59 Å². The number of hydrogen-bond acceptors (Lipinski definition) is 3. The lowest BCUT2D eigenvalue weighted by atomic mass is 10.2. The van der Waals surface area contributed by atoms with Crippen LogP contribution in [0.2, 0.25) is 0 Å². The Kier molecular flexibility index (Phi) is 4.56. The topological polar surface area (TPSA) is 53.0 Å². The molecule has 5 nitrogen and oxygen atoms in total. The van der Waals surface area contributed by atoms with E-state index in [-0.39, 0.29) is 15.5 Å². The van der Waals surface area contributed by atoms with Gasteiger partial charge in [0.05, 0.1) is 5.69 Å². The maximum absolute atomic E-state index is 12.3. The highest BCUT2D eigenvalue weighted by atomic mass is 35.5. The van der Waals surface area contributed by atoms with Crippen LogP contribution in [0.3, 0.4) is 0 Å². The SMILES string of the molecule is Cc1ccccc1N1C(=O)N(C)C(=O)C1=NC(Cl)=C(Cl)Cl. The average molecular weight is 347 g/mol. The van der Waals surface area contributed by atoms with Crippen molar-refractivity contribution in [2.24, 2.45) is 4.99 Å². The highest BCUT2D eigenvalue weighted by Gasteiger charge is 2.42. The predicted octanol–water partition coefficient (Wildman–Crippen LogP) is 3.63. The number of carbonyl (C=O) groups excluding carboxylic acids is 2. The highest BCUT2D eigenvalue weighted by molar-refractivity contribution is 6.60. The summed E-state index contributed by atoms with van der Waals surface area (Å²) in [5.41, 5.74) is 1.34. The van der Waals surface area contributed by atoms with E-state index in [0.29, 0.717) is 5.69 Å². The van der Waals surface area contributed by atoms with Crippen molar-refractivity contribution in [3.8, 4) is 0 Å². The first-order chi connectivity index (χ1) is 9.84. The molecule has 0 aromatic heterocycles. The van der Waals surface area contributed by atoms with Gasteiger partial charge in [-0.1, -0.05) is 53.0 Å². The zero-order valence-corrected chi connectivity index (χ0v) is 13.4. The molecule has 1 aliphatic rings. The lowest BCUT2D eigenvalue weighted by Gasteiger charge is -2.17. The number of halogens is 3. The molecule has 110 valence electrons. The normalized spacial score (nSPS) is 16.9. The van der Waals surface area contributed by atoms with E-state index < -0.39 is 11.9 Å². The standard InChI is InChI=1S/C13H10Cl3N3O2/c1-7-5-3-4-6-8(7)19-11(17-10(16)9(14)15)12(20)18(2)13(19)21/h3-6H,1-2H3. The molecule has 8 heteroatoms. The van der Waals surface area contributed by atoms with Gasteiger partial charge in [0.25, 0.3) is 5.91 Å². The number of anilines is 1. The minimum absolute atomic E-state index is 0.152. The van der Waals surface area contributed by atoms with Crippen LogP contribution < -0.4 is 4.90 Å². The van der Waals surface area contributed by atoms with E-state index in [1.54, 1.807) is 12.1 Å². The Morgan fingerprint density at radius 2 is 1.76 bits per heavy atom. The van der Waals surface area contributed by atoms with Crippen LogP contribution in [0.1, 0.15) is 5.56 Å². The Balaban J connectivity index is 2.61. The summed E-state index contributed by atoms with van der Waals surface area (Å²) in [5, 5.41) is -0.261. The van der Waals surface area contributed by atoms with E-state index in [4.69, 9.17) is 34.8 Å². The zero-order chi connectivity index (χ0) is 15.7. The van der Waals surface area contributed by atoms with Gasteiger partial charge in [-0.15, -0.1) is 0 Å². The molecule has 1 saturated heterocycles. The number of para-hydroxylation sites is 1. The lowest BCUT2D eigenvalue weighted by molar-refractivity contribution is -0.119. The summed E-state index contributed by atoms with van der Waals surface area (Å²) < 4.78 is -0.288. The molecule has 1 aliphatic heterocycles. The van der Waals surface area contributed by atoms with E-state index in [1.165, 1.54) is 11.9 Å². The number of nitrogens with zero attached hydrogens (tertiary/aromatic N) is 3. The predicted molar refractivity (Wildman–Crippen MR) is 83.8 cm³/mol. The first-order valence-corrected chi connectivity index (χ1v) is 6.95. The summed E-state index contributed by atoms with van der Waals surface area (Å²) in [4.78, 5) is 30.4. The summed E-state index contributed by atoms with van der Waals surface area (Å²) in [6, 6.07) is 6.57. The summed E-state index contributed by atoms with van der Waals surface area (Å²) in [6.45, 7) is 1.81. The molecule has 1 aromatic rings. The number of imide groups is 1. The molecule has 21 heavy (non-hydrogen) atoms. The molecule has 0 bridgehead atoms. The number of rotatable bonds is 2. The van der Waals surface area contributed by atoms with Gasteiger partial charge in [-0.05, 0) is 18.6 Å². The quantitative estimate of drug-likeness (QED) is 0.606. The van der Waals surface area contributed by atoms with Gasteiger partial charge in [0.15, 0.2) is 5.16 Å². The molecule has 1 aromatic carbocycles. The summed E-state index contributed by atoms with van der Waals surface area (Å²) in [6.07, 6.45) is 0. The highest BCUT2D eigenvalue weighted by Crippen LogP contribution is 2.27. The molecule has 0 N–H and O–H groups in total. The number of aryl methyl sites for hydroxylation is 1. The first kappa shape index (κ1) is 15.8. The van der Waals surface area contributed by atoms with E-state index in [9.17, 15) is 9.59 Å². The maximum atomic E-state index is 12.3. The van der Waals surface area contributed by atoms with Crippen LogP contribution in [0.25, 0.3) is 0 Å². The molecule has 1 fully saturated rings. The van der Waals surface area contributed by atoms with Gasteiger partial charge in [-0.25, -0.2) is 14.7 Å². The Morgan fingerprint density at radius 3 is 2.33 bits per heavy atom. The zero-order valence-electron chi connectivity index (χ0n) is 11.1. The van der Waals surface area contributed by atoms with Crippen molar-refractivity contribution in [1.82, 2.24) is 4.90 Å². The molecular formula is C13H10Cl3N3O2. The van der Waals surface area contributed by atoms with Gasteiger partial charge < -0.3 is 0 Å². The van der Waals surface area contributed by atoms with Crippen LogP contribution in [0.15, 0.2) is 38.9 Å². The number of hydrogen-bond donors (Lipinski definition) is 0. The van der Waals surface area contributed by atoms with Crippen molar-refractivity contribution in [2.75, 3.05) is 11.9 Å². The average Bonchev–Trinajstić information content (AvgIpc) is 2.64. The van der Waals surface area contributed by atoms with Crippen molar-refractivity contribution in [2.45, 2.75) is 6.92 Å². The Morgan fingerprint density at radius 1 is 1.14 bits per heavy atom. The summed E-state index contributed by atoms with van der Waals surface area (Å²) in [5.74, 6) is -0.739. The Labute approximate surface area is 136 Å². The molecular weight excluding hydrogens is 337 g/mol. The minimum Gasteiger partial charge on any atom is -0.265 e. The number of carbonyl (C=O) groups is 2. The summed E-state index contributed by atoms with van der Waals surface area (Å²) in [7, 11) is 1.36. The van der Waals surface area contributed by atoms with Gasteiger partial charge in [0.1, 0.15) is 4.49 Å². The smallest absolute Gasteiger partial charge is 0.265 e. The van der Waals surface area contributed by atoms with Crippen molar-refractivity contribution in [1.29, 1.82) is 0 Å². The van der Waals surface area contributed by atoms with Gasteiger partial charge >= 0.3 is 6.03 Å². The fourth-order valence-corrected chi connectivity index (χ4v) is 2.00. The number of urea groups is 1. The number of amidine groups is 1. The molecule has 1 heterocycles. The summed E-state index contributed by atoms with van der Waals surface area (Å²) >= 11 is 16.8. The molecule has 0 spiro atoms. The minimum atomic E-state index is -0.587. The largest absolute Gasteiger partial charge is 0.337 e. The maximum Gasteiger partial charge on any atom is 0.337 e. The fourth-order valence-electron chi connectivity index (χ4n) is 1.84. The third kappa shape index (κ3) is 2.90. The second-order valence-electron chi connectivity index (χ2n) is 4.26. The van der Waals surface area contributed by atoms with Crippen LogP contribution in [0.4, 0.5) is 10.5 Å². The Bertz CT molecular complexity index is 681. The molecule has 0 atom stereocenters. The monoisotopic (exact) mass is 345 g/mol. The number of benzene rings is 1. The lowest BCUT2D eigenvalue weighted by Crippen LogP contribution is -2.32. The van der Waals surface area contributed by atoms with E-state index >= 15 is 0 Å². The number of aliphatic imine (C=N–C) groups is 1. The molecule has 0 aliphatic carbocycles. The van der Waals surface area contributed by atoms with Crippen molar-refractivity contribution in [3.63, 3.8) is 0 Å². The second kappa shape index (κ2) is 6.05. The third-order valence-corrected chi connectivity index (χ3v) is 3.73. The molecule has 3 amide bonds.